The van der Waals surface area contributed by atoms with E-state index in [9.17, 15) is 22.8 Å². The zero-order valence-corrected chi connectivity index (χ0v) is 8.82. The number of esters is 1. The van der Waals surface area contributed by atoms with Gasteiger partial charge in [-0.1, -0.05) is 6.08 Å². The zero-order chi connectivity index (χ0) is 13.3. The van der Waals surface area contributed by atoms with E-state index in [2.05, 4.69) is 9.72 Å². The number of aromatic nitrogens is 1. The van der Waals surface area contributed by atoms with Crippen molar-refractivity contribution in [2.45, 2.75) is 12.6 Å². The van der Waals surface area contributed by atoms with Crippen LogP contribution in [-0.4, -0.2) is 22.9 Å². The maximum atomic E-state index is 12.0. The number of hydrogen-bond acceptors (Lipinski definition) is 4. The number of pyridine rings is 1. The third kappa shape index (κ3) is 2.55. The summed E-state index contributed by atoms with van der Waals surface area (Å²) >= 11 is 0. The summed E-state index contributed by atoms with van der Waals surface area (Å²) in [5.41, 5.74) is 0. The fraction of sp³-hybridized carbons (Fsp3) is 0.182. The molecule has 0 unspecified atom stereocenters. The Morgan fingerprint density at radius 1 is 1.33 bits per heavy atom. The lowest BCUT2D eigenvalue weighted by Crippen LogP contribution is -2.34. The van der Waals surface area contributed by atoms with Crippen LogP contribution in [0, 0.1) is 0 Å². The van der Waals surface area contributed by atoms with Gasteiger partial charge in [0.1, 0.15) is 0 Å². The highest BCUT2D eigenvalue weighted by atomic mass is 19.4. The molecule has 1 aliphatic rings. The van der Waals surface area contributed by atoms with Crippen LogP contribution in [0.15, 0.2) is 12.1 Å². The number of nitrogens with zero attached hydrogens (tertiary/aromatic N) is 1. The van der Waals surface area contributed by atoms with Crippen molar-refractivity contribution >= 4 is 23.9 Å². The second-order valence-corrected chi connectivity index (χ2v) is 3.53. The number of rotatable bonds is 1. The first kappa shape index (κ1) is 12.3. The molecule has 1 heterocycles. The van der Waals surface area contributed by atoms with Crippen molar-refractivity contribution in [1.29, 1.82) is 0 Å². The van der Waals surface area contributed by atoms with Gasteiger partial charge >= 0.3 is 12.1 Å². The molecule has 2 rings (SSSR count). The fourth-order valence-corrected chi connectivity index (χ4v) is 1.39. The second-order valence-electron chi connectivity index (χ2n) is 3.53. The molecule has 4 nitrogen and oxygen atoms in total. The molecule has 0 bridgehead atoms. The summed E-state index contributed by atoms with van der Waals surface area (Å²) in [5, 5.41) is 0.806. The fourth-order valence-electron chi connectivity index (χ4n) is 1.39. The monoisotopic (exact) mass is 257 g/mol. The number of Topliss-reactive ketones (excluding diaryl/α,β-unsaturated/α-hetero) is 1. The van der Waals surface area contributed by atoms with Crippen LogP contribution in [0.2, 0.25) is 0 Å². The highest BCUT2D eigenvalue weighted by Crippen LogP contribution is 2.17. The van der Waals surface area contributed by atoms with E-state index in [1.54, 1.807) is 6.08 Å². The Hall–Kier alpha value is -2.18. The van der Waals surface area contributed by atoms with Gasteiger partial charge in [0.15, 0.2) is 5.78 Å². The van der Waals surface area contributed by atoms with Crippen molar-refractivity contribution in [3.8, 4) is 5.88 Å². The van der Waals surface area contributed by atoms with Crippen LogP contribution in [0.1, 0.15) is 6.42 Å². The second kappa shape index (κ2) is 4.25. The summed E-state index contributed by atoms with van der Waals surface area (Å²) in [6.45, 7) is 0. The van der Waals surface area contributed by atoms with Gasteiger partial charge < -0.3 is 4.74 Å². The van der Waals surface area contributed by atoms with Crippen LogP contribution in [-0.2, 0) is 9.59 Å². The third-order valence-electron chi connectivity index (χ3n) is 2.18. The van der Waals surface area contributed by atoms with Crippen LogP contribution in [0.25, 0.3) is 12.2 Å². The molecule has 18 heavy (non-hydrogen) atoms. The van der Waals surface area contributed by atoms with Crippen molar-refractivity contribution < 1.29 is 27.5 Å². The minimum absolute atomic E-state index is 0.193. The standard InChI is InChI=1S/C11H6F3NO3/c12-11(13,14)10(17)18-9-4-2-6-1-3-7(16)5-8(6)15-9/h1-2,4-5H,3H2. The van der Waals surface area contributed by atoms with Gasteiger partial charge in [0.05, 0.1) is 5.35 Å². The predicted octanol–water partition coefficient (Wildman–Crippen LogP) is 0.0831. The average Bonchev–Trinajstić information content (AvgIpc) is 2.27. The average molecular weight is 257 g/mol. The number of carbonyl (C=O) groups is 2. The van der Waals surface area contributed by atoms with Gasteiger partial charge in [-0.05, 0) is 11.3 Å². The van der Waals surface area contributed by atoms with E-state index >= 15 is 0 Å². The van der Waals surface area contributed by atoms with Crippen LogP contribution < -0.4 is 15.3 Å². The zero-order valence-electron chi connectivity index (χ0n) is 8.82. The quantitative estimate of drug-likeness (QED) is 0.669. The maximum absolute atomic E-state index is 12.0. The Balaban J connectivity index is 2.34. The van der Waals surface area contributed by atoms with E-state index in [-0.39, 0.29) is 17.6 Å². The topological polar surface area (TPSA) is 56.3 Å². The lowest BCUT2D eigenvalue weighted by atomic mass is 10.1. The Kier molecular flexibility index (Phi) is 2.90. The summed E-state index contributed by atoms with van der Waals surface area (Å²) in [6, 6.07) is 2.58. The van der Waals surface area contributed by atoms with Crippen molar-refractivity contribution in [2.75, 3.05) is 0 Å². The molecule has 1 aromatic rings. The summed E-state index contributed by atoms with van der Waals surface area (Å²) in [5.74, 6) is -3.05. The molecule has 0 saturated heterocycles. The van der Waals surface area contributed by atoms with Gasteiger partial charge in [-0.2, -0.15) is 13.2 Å². The molecule has 0 spiro atoms. The Morgan fingerprint density at radius 2 is 2.06 bits per heavy atom. The summed E-state index contributed by atoms with van der Waals surface area (Å²) < 4.78 is 40.0. The first-order chi connectivity index (χ1) is 8.36. The van der Waals surface area contributed by atoms with E-state index < -0.39 is 18.0 Å². The normalized spacial score (nSPS) is 14.3. The lowest BCUT2D eigenvalue weighted by Gasteiger charge is -2.06. The maximum Gasteiger partial charge on any atom is 0.491 e. The SMILES string of the molecule is O=C1C=c2nc(OC(=O)C(F)(F)F)ccc2=CC1. The van der Waals surface area contributed by atoms with Crippen LogP contribution in [0.3, 0.4) is 0 Å². The summed E-state index contributed by atoms with van der Waals surface area (Å²) in [4.78, 5) is 25.4. The van der Waals surface area contributed by atoms with Gasteiger partial charge in [0.2, 0.25) is 5.88 Å². The summed E-state index contributed by atoms with van der Waals surface area (Å²) in [6.07, 6.45) is -2.07. The van der Waals surface area contributed by atoms with E-state index in [1.807, 2.05) is 0 Å². The highest BCUT2D eigenvalue weighted by Gasteiger charge is 2.41. The Bertz CT molecular complexity index is 634. The van der Waals surface area contributed by atoms with Crippen molar-refractivity contribution in [2.24, 2.45) is 0 Å². The van der Waals surface area contributed by atoms with Crippen molar-refractivity contribution in [3.63, 3.8) is 0 Å². The van der Waals surface area contributed by atoms with Gasteiger partial charge in [-0.3, -0.25) is 4.79 Å². The van der Waals surface area contributed by atoms with E-state index in [1.165, 1.54) is 12.1 Å². The van der Waals surface area contributed by atoms with Gasteiger partial charge in [0, 0.05) is 18.6 Å². The number of hydrogen-bond donors (Lipinski definition) is 0. The minimum atomic E-state index is -5.08. The van der Waals surface area contributed by atoms with Crippen molar-refractivity contribution in [1.82, 2.24) is 4.98 Å². The van der Waals surface area contributed by atoms with E-state index in [0.29, 0.717) is 5.22 Å². The smallest absolute Gasteiger partial charge is 0.401 e. The molecule has 0 aliphatic heterocycles. The number of alkyl halides is 3. The van der Waals surface area contributed by atoms with Crippen molar-refractivity contribution in [3.05, 3.63) is 22.7 Å². The molecule has 0 atom stereocenters. The number of ketones is 1. The first-order valence-corrected chi connectivity index (χ1v) is 4.87. The molecule has 94 valence electrons. The minimum Gasteiger partial charge on any atom is -0.401 e. The highest BCUT2D eigenvalue weighted by molar-refractivity contribution is 6.08. The van der Waals surface area contributed by atoms with Gasteiger partial charge in [0.25, 0.3) is 0 Å². The first-order valence-electron chi connectivity index (χ1n) is 4.87. The molecule has 0 fully saturated rings. The van der Waals surface area contributed by atoms with E-state index in [4.69, 9.17) is 0 Å². The third-order valence-corrected chi connectivity index (χ3v) is 2.18. The number of halogens is 3. The summed E-state index contributed by atoms with van der Waals surface area (Å²) in [7, 11) is 0. The molecular formula is C11H6F3NO3. The molecule has 0 amide bonds. The Labute approximate surface area is 98.4 Å². The van der Waals surface area contributed by atoms with Gasteiger partial charge in [-0.25, -0.2) is 9.78 Å². The number of carbonyl (C=O) groups excluding carboxylic acids is 2. The molecule has 0 N–H and O–H groups in total. The molecule has 0 radical (unpaired) electrons. The number of ether oxygens (including phenoxy) is 1. The largest absolute Gasteiger partial charge is 0.491 e. The molecule has 0 saturated carbocycles. The van der Waals surface area contributed by atoms with Crippen LogP contribution in [0.5, 0.6) is 5.88 Å². The molecule has 7 heteroatoms. The van der Waals surface area contributed by atoms with Crippen LogP contribution >= 0.6 is 0 Å². The molecule has 0 aromatic carbocycles. The molecule has 1 aromatic heterocycles. The predicted molar refractivity (Wildman–Crippen MR) is 53.7 cm³/mol. The van der Waals surface area contributed by atoms with Crippen LogP contribution in [0.4, 0.5) is 13.2 Å². The number of fused-ring (bicyclic) bond motifs is 1. The molecular weight excluding hydrogens is 251 g/mol. The molecule has 1 aliphatic carbocycles. The van der Waals surface area contributed by atoms with Gasteiger partial charge in [-0.15, -0.1) is 0 Å². The Morgan fingerprint density at radius 3 is 2.72 bits per heavy atom. The lowest BCUT2D eigenvalue weighted by molar-refractivity contribution is -0.190. The van der Waals surface area contributed by atoms with E-state index in [0.717, 1.165) is 6.07 Å².